The minimum absolute atomic E-state index is 0.481. The highest BCUT2D eigenvalue weighted by Gasteiger charge is 2.12. The average Bonchev–Trinajstić information content (AvgIpc) is 2.67. The first kappa shape index (κ1) is 14.1. The van der Waals surface area contributed by atoms with Gasteiger partial charge in [0.2, 0.25) is 0 Å². The van der Waals surface area contributed by atoms with E-state index in [2.05, 4.69) is 15.3 Å². The van der Waals surface area contributed by atoms with E-state index in [4.69, 9.17) is 17.3 Å². The molecule has 0 unspecified atom stereocenters. The summed E-state index contributed by atoms with van der Waals surface area (Å²) in [4.78, 5) is 8.37. The molecular weight excluding hydrogens is 260 g/mol. The minimum atomic E-state index is 0.481. The quantitative estimate of drug-likeness (QED) is 0.387. The predicted octanol–water partition coefficient (Wildman–Crippen LogP) is 2.86. The van der Waals surface area contributed by atoms with E-state index in [0.717, 1.165) is 5.56 Å². The van der Waals surface area contributed by atoms with Gasteiger partial charge in [-0.25, -0.2) is 9.98 Å². The summed E-state index contributed by atoms with van der Waals surface area (Å²) in [5.41, 5.74) is 6.93. The predicted molar refractivity (Wildman–Crippen MR) is 79.2 cm³/mol. The van der Waals surface area contributed by atoms with Crippen LogP contribution in [0.3, 0.4) is 0 Å². The van der Waals surface area contributed by atoms with Gasteiger partial charge in [-0.3, -0.25) is 0 Å². The molecule has 0 aliphatic heterocycles. The van der Waals surface area contributed by atoms with Crippen LogP contribution in [-0.4, -0.2) is 17.0 Å². The summed E-state index contributed by atoms with van der Waals surface area (Å²) in [7, 11) is 0. The molecule has 1 saturated carbocycles. The van der Waals surface area contributed by atoms with Crippen molar-refractivity contribution in [2.24, 2.45) is 10.7 Å². The number of halogens is 1. The fraction of sp³-hybridized carbons (Fsp3) is 0.571. The molecule has 0 bridgehead atoms. The van der Waals surface area contributed by atoms with E-state index in [9.17, 15) is 0 Å². The summed E-state index contributed by atoms with van der Waals surface area (Å²) in [5.74, 6) is 0.529. The molecule has 1 aromatic rings. The molecule has 2 rings (SSSR count). The highest BCUT2D eigenvalue weighted by Crippen LogP contribution is 2.17. The summed E-state index contributed by atoms with van der Waals surface area (Å²) in [6.45, 7) is 0.537. The van der Waals surface area contributed by atoms with Gasteiger partial charge in [0.1, 0.15) is 5.15 Å². The smallest absolute Gasteiger partial charge is 0.189 e. The summed E-state index contributed by atoms with van der Waals surface area (Å²) in [6, 6.07) is 4.16. The zero-order chi connectivity index (χ0) is 13.5. The molecule has 1 aliphatic rings. The van der Waals surface area contributed by atoms with E-state index in [0.29, 0.717) is 23.7 Å². The van der Waals surface area contributed by atoms with E-state index < -0.39 is 0 Å². The fourth-order valence-electron chi connectivity index (χ4n) is 2.35. The Morgan fingerprint density at radius 3 is 2.68 bits per heavy atom. The van der Waals surface area contributed by atoms with Gasteiger partial charge in [0, 0.05) is 12.2 Å². The number of aromatic nitrogens is 1. The van der Waals surface area contributed by atoms with Crippen LogP contribution < -0.4 is 11.1 Å². The van der Waals surface area contributed by atoms with Gasteiger partial charge >= 0.3 is 0 Å². The van der Waals surface area contributed by atoms with Gasteiger partial charge in [-0.2, -0.15) is 0 Å². The maximum atomic E-state index is 5.93. The molecule has 0 saturated heterocycles. The Bertz CT molecular complexity index is 408. The maximum Gasteiger partial charge on any atom is 0.189 e. The van der Waals surface area contributed by atoms with Gasteiger partial charge in [0.05, 0.1) is 6.54 Å². The molecule has 0 aromatic carbocycles. The van der Waals surface area contributed by atoms with Gasteiger partial charge < -0.3 is 11.1 Å². The van der Waals surface area contributed by atoms with Crippen molar-refractivity contribution in [3.8, 4) is 0 Å². The molecule has 1 aromatic heterocycles. The van der Waals surface area contributed by atoms with Gasteiger partial charge in [0.25, 0.3) is 0 Å². The number of hydrogen-bond donors (Lipinski definition) is 2. The van der Waals surface area contributed by atoms with Gasteiger partial charge in [-0.1, -0.05) is 43.4 Å². The van der Waals surface area contributed by atoms with E-state index in [1.165, 1.54) is 38.5 Å². The Labute approximate surface area is 119 Å². The Morgan fingerprint density at radius 2 is 2.05 bits per heavy atom. The van der Waals surface area contributed by atoms with Crippen molar-refractivity contribution in [3.05, 3.63) is 29.0 Å². The topological polar surface area (TPSA) is 63.3 Å². The minimum Gasteiger partial charge on any atom is -0.370 e. The summed E-state index contributed by atoms with van der Waals surface area (Å²) < 4.78 is 0. The lowest BCUT2D eigenvalue weighted by Crippen LogP contribution is -2.39. The van der Waals surface area contributed by atoms with Crippen molar-refractivity contribution >= 4 is 17.6 Å². The zero-order valence-electron chi connectivity index (χ0n) is 11.1. The molecular formula is C14H21ClN4. The standard InChI is InChI=1S/C14H21ClN4/c15-13-8-7-11(9-17-13)10-18-14(16)19-12-5-3-1-2-4-6-12/h7-9,12H,1-6,10H2,(H3,16,18,19). The summed E-state index contributed by atoms with van der Waals surface area (Å²) in [6.07, 6.45) is 9.36. The van der Waals surface area contributed by atoms with Crippen LogP contribution in [-0.2, 0) is 6.54 Å². The largest absolute Gasteiger partial charge is 0.370 e. The second kappa shape index (κ2) is 7.34. The van der Waals surface area contributed by atoms with Gasteiger partial charge in [-0.05, 0) is 24.5 Å². The van der Waals surface area contributed by atoms with Crippen LogP contribution in [0.2, 0.25) is 5.15 Å². The van der Waals surface area contributed by atoms with Crippen molar-refractivity contribution in [3.63, 3.8) is 0 Å². The number of pyridine rings is 1. The zero-order valence-corrected chi connectivity index (χ0v) is 11.9. The Balaban J connectivity index is 1.82. The van der Waals surface area contributed by atoms with Crippen LogP contribution >= 0.6 is 11.6 Å². The molecule has 104 valence electrons. The third-order valence-corrected chi connectivity index (χ3v) is 3.65. The number of rotatable bonds is 3. The van der Waals surface area contributed by atoms with Crippen molar-refractivity contribution in [1.29, 1.82) is 0 Å². The molecule has 4 nitrogen and oxygen atoms in total. The lowest BCUT2D eigenvalue weighted by molar-refractivity contribution is 0.530. The van der Waals surface area contributed by atoms with Crippen molar-refractivity contribution in [2.45, 2.75) is 51.1 Å². The molecule has 0 spiro atoms. The number of nitrogens with one attached hydrogen (secondary N) is 1. The first-order valence-electron chi connectivity index (χ1n) is 6.91. The van der Waals surface area contributed by atoms with Crippen LogP contribution in [0, 0.1) is 0 Å². The second-order valence-corrected chi connectivity index (χ2v) is 5.41. The molecule has 5 heteroatoms. The first-order valence-corrected chi connectivity index (χ1v) is 7.29. The highest BCUT2D eigenvalue weighted by atomic mass is 35.5. The highest BCUT2D eigenvalue weighted by molar-refractivity contribution is 6.29. The monoisotopic (exact) mass is 280 g/mol. The molecule has 1 aliphatic carbocycles. The normalized spacial score (nSPS) is 18.1. The summed E-state index contributed by atoms with van der Waals surface area (Å²) >= 11 is 5.73. The van der Waals surface area contributed by atoms with E-state index in [-0.39, 0.29) is 0 Å². The molecule has 19 heavy (non-hydrogen) atoms. The molecule has 1 fully saturated rings. The number of nitrogens with two attached hydrogens (primary N) is 1. The van der Waals surface area contributed by atoms with Gasteiger partial charge in [0.15, 0.2) is 5.96 Å². The van der Waals surface area contributed by atoms with Crippen molar-refractivity contribution < 1.29 is 0 Å². The third-order valence-electron chi connectivity index (χ3n) is 3.43. The summed E-state index contributed by atoms with van der Waals surface area (Å²) in [5, 5.41) is 3.82. The lowest BCUT2D eigenvalue weighted by Gasteiger charge is -2.16. The van der Waals surface area contributed by atoms with Crippen molar-refractivity contribution in [1.82, 2.24) is 10.3 Å². The number of guanidine groups is 1. The molecule has 3 N–H and O–H groups in total. The number of hydrogen-bond acceptors (Lipinski definition) is 2. The van der Waals surface area contributed by atoms with Crippen LogP contribution in [0.4, 0.5) is 0 Å². The molecule has 0 atom stereocenters. The van der Waals surface area contributed by atoms with E-state index in [1.54, 1.807) is 12.3 Å². The Kier molecular flexibility index (Phi) is 5.45. The van der Waals surface area contributed by atoms with Crippen LogP contribution in [0.5, 0.6) is 0 Å². The van der Waals surface area contributed by atoms with Crippen LogP contribution in [0.25, 0.3) is 0 Å². The van der Waals surface area contributed by atoms with Gasteiger partial charge in [-0.15, -0.1) is 0 Å². The Morgan fingerprint density at radius 1 is 1.32 bits per heavy atom. The molecule has 0 amide bonds. The SMILES string of the molecule is NC(=NCc1ccc(Cl)nc1)NC1CCCCCC1. The number of aliphatic imine (C=N–C) groups is 1. The van der Waals surface area contributed by atoms with E-state index >= 15 is 0 Å². The molecule has 1 heterocycles. The van der Waals surface area contributed by atoms with Crippen LogP contribution in [0.15, 0.2) is 23.3 Å². The third kappa shape index (κ3) is 5.07. The van der Waals surface area contributed by atoms with Crippen molar-refractivity contribution in [2.75, 3.05) is 0 Å². The Hall–Kier alpha value is -1.29. The van der Waals surface area contributed by atoms with Crippen LogP contribution in [0.1, 0.15) is 44.1 Å². The fourth-order valence-corrected chi connectivity index (χ4v) is 2.47. The lowest BCUT2D eigenvalue weighted by atomic mass is 10.1. The maximum absolute atomic E-state index is 5.93. The molecule has 0 radical (unpaired) electrons. The average molecular weight is 281 g/mol. The second-order valence-electron chi connectivity index (χ2n) is 5.02. The first-order chi connectivity index (χ1) is 9.24. The number of nitrogens with zero attached hydrogens (tertiary/aromatic N) is 2. The van der Waals surface area contributed by atoms with E-state index in [1.807, 2.05) is 6.07 Å².